The van der Waals surface area contributed by atoms with Gasteiger partial charge in [0.1, 0.15) is 12.6 Å². The Bertz CT molecular complexity index is 2190. The summed E-state index contributed by atoms with van der Waals surface area (Å²) in [6.07, 6.45) is 1.25. The third-order valence-corrected chi connectivity index (χ3v) is 13.0. The van der Waals surface area contributed by atoms with Gasteiger partial charge in [-0.05, 0) is 51.8 Å². The number of hydrogen-bond acceptors (Lipinski definition) is 5. The molecular formula is C53H48N2O3S. The van der Waals surface area contributed by atoms with Crippen molar-refractivity contribution in [2.75, 3.05) is 12.3 Å². The van der Waals surface area contributed by atoms with Gasteiger partial charge in [-0.15, -0.1) is 11.8 Å². The van der Waals surface area contributed by atoms with Crippen LogP contribution in [0.4, 0.5) is 0 Å². The molecule has 0 radical (unpaired) electrons. The molecular weight excluding hydrogens is 745 g/mol. The van der Waals surface area contributed by atoms with Crippen molar-refractivity contribution in [1.82, 2.24) is 10.2 Å². The molecule has 1 amide bonds. The monoisotopic (exact) mass is 792 g/mol. The molecule has 0 aliphatic carbocycles. The van der Waals surface area contributed by atoms with Gasteiger partial charge in [0.25, 0.3) is 0 Å². The topological polar surface area (TPSA) is 58.6 Å². The zero-order chi connectivity index (χ0) is 40.3. The lowest BCUT2D eigenvalue weighted by atomic mass is 9.76. The average molecular weight is 793 g/mol. The Hall–Kier alpha value is -6.21. The minimum atomic E-state index is -0.942. The van der Waals surface area contributed by atoms with Crippen LogP contribution in [0.2, 0.25) is 0 Å². The number of carbonyl (C=O) groups excluding carboxylic acids is 2. The lowest BCUT2D eigenvalue weighted by Gasteiger charge is -2.42. The van der Waals surface area contributed by atoms with Gasteiger partial charge in [0.15, 0.2) is 0 Å². The molecule has 1 saturated heterocycles. The van der Waals surface area contributed by atoms with Crippen molar-refractivity contribution < 1.29 is 14.3 Å². The first-order valence-corrected chi connectivity index (χ1v) is 21.3. The van der Waals surface area contributed by atoms with E-state index in [-0.39, 0.29) is 18.5 Å². The number of nitrogens with one attached hydrogen (secondary N) is 1. The number of ether oxygens (including phenoxy) is 1. The Kier molecular flexibility index (Phi) is 12.5. The normalized spacial score (nSPS) is 14.7. The van der Waals surface area contributed by atoms with Gasteiger partial charge in [0.05, 0.1) is 16.3 Å². The standard InChI is InChI=1S/C53H48N2O3S/c56-50(55-38-22-37-49(55)51(57)58-39-41-23-8-1-9-24-41)48(54-52(42-25-10-2-11-26-42,43-27-12-3-13-28-43)44-29-14-4-15-30-44)40-59-53(45-31-16-5-17-32-45,46-33-18-6-19-34-46)47-35-20-7-21-36-47/h1-21,23-36,48-49,54H,22,37-40H2/t48-,49-/m1/s1. The molecule has 1 heterocycles. The van der Waals surface area contributed by atoms with E-state index in [0.29, 0.717) is 25.1 Å². The first kappa shape index (κ1) is 39.6. The summed E-state index contributed by atoms with van der Waals surface area (Å²) < 4.78 is 5.23. The Morgan fingerprint density at radius 3 is 1.34 bits per heavy atom. The number of hydrogen-bond donors (Lipinski definition) is 1. The summed E-state index contributed by atoms with van der Waals surface area (Å²) in [5, 5.41) is 4.07. The van der Waals surface area contributed by atoms with Gasteiger partial charge in [-0.1, -0.05) is 212 Å². The number of carbonyl (C=O) groups is 2. The number of thioether (sulfide) groups is 1. The first-order valence-electron chi connectivity index (χ1n) is 20.4. The Morgan fingerprint density at radius 1 is 0.559 bits per heavy atom. The van der Waals surface area contributed by atoms with Gasteiger partial charge in [-0.2, -0.15) is 0 Å². The predicted molar refractivity (Wildman–Crippen MR) is 239 cm³/mol. The van der Waals surface area contributed by atoms with E-state index in [9.17, 15) is 4.79 Å². The highest BCUT2D eigenvalue weighted by Gasteiger charge is 2.46. The molecule has 5 nitrogen and oxygen atoms in total. The molecule has 1 fully saturated rings. The SMILES string of the molecule is O=C(OCc1ccccc1)[C@H]1CCCN1C(=O)[C@@H](CSC(c1ccccc1)(c1ccccc1)c1ccccc1)NC(c1ccccc1)(c1ccccc1)c1ccccc1. The molecule has 7 aromatic carbocycles. The largest absolute Gasteiger partial charge is 0.459 e. The quantitative estimate of drug-likeness (QED) is 0.0828. The fourth-order valence-corrected chi connectivity index (χ4v) is 10.1. The molecule has 59 heavy (non-hydrogen) atoms. The lowest BCUT2D eigenvalue weighted by molar-refractivity contribution is -0.155. The Labute approximate surface area is 352 Å². The molecule has 1 aliphatic heterocycles. The van der Waals surface area contributed by atoms with Crippen molar-refractivity contribution in [2.45, 2.75) is 41.8 Å². The van der Waals surface area contributed by atoms with Crippen molar-refractivity contribution >= 4 is 23.6 Å². The lowest BCUT2D eigenvalue weighted by Crippen LogP contribution is -2.58. The van der Waals surface area contributed by atoms with Crippen molar-refractivity contribution in [2.24, 2.45) is 0 Å². The summed E-state index contributed by atoms with van der Waals surface area (Å²) in [7, 11) is 0. The first-order chi connectivity index (χ1) is 29.1. The van der Waals surface area contributed by atoms with Crippen LogP contribution >= 0.6 is 11.8 Å². The fourth-order valence-electron chi connectivity index (χ4n) is 8.53. The highest BCUT2D eigenvalue weighted by Crippen LogP contribution is 2.49. The molecule has 0 spiro atoms. The summed E-state index contributed by atoms with van der Waals surface area (Å²) in [6.45, 7) is 0.617. The summed E-state index contributed by atoms with van der Waals surface area (Å²) >= 11 is 1.74. The maximum atomic E-state index is 15.7. The van der Waals surface area contributed by atoms with Gasteiger partial charge >= 0.3 is 5.97 Å². The summed E-state index contributed by atoms with van der Waals surface area (Å²) in [5.74, 6) is -0.140. The molecule has 294 valence electrons. The van der Waals surface area contributed by atoms with E-state index in [1.165, 1.54) is 0 Å². The maximum Gasteiger partial charge on any atom is 0.329 e. The van der Waals surface area contributed by atoms with E-state index < -0.39 is 22.4 Å². The molecule has 0 bridgehead atoms. The highest BCUT2D eigenvalue weighted by molar-refractivity contribution is 8.00. The third kappa shape index (κ3) is 8.38. The summed E-state index contributed by atoms with van der Waals surface area (Å²) in [5.41, 5.74) is 6.29. The van der Waals surface area contributed by atoms with E-state index >= 15 is 4.79 Å². The Morgan fingerprint density at radius 2 is 0.932 bits per heavy atom. The molecule has 0 unspecified atom stereocenters. The third-order valence-electron chi connectivity index (χ3n) is 11.3. The zero-order valence-electron chi connectivity index (χ0n) is 33.0. The van der Waals surface area contributed by atoms with Crippen LogP contribution in [0.1, 0.15) is 51.8 Å². The van der Waals surface area contributed by atoms with Gasteiger partial charge in [-0.25, -0.2) is 4.79 Å². The second kappa shape index (κ2) is 18.6. The second-order valence-electron chi connectivity index (χ2n) is 14.9. The Balaban J connectivity index is 1.26. The van der Waals surface area contributed by atoms with Crippen LogP contribution in [-0.4, -0.2) is 41.2 Å². The fraction of sp³-hybridized carbons (Fsp3) is 0.170. The number of amides is 1. The van der Waals surface area contributed by atoms with E-state index in [2.05, 4.69) is 115 Å². The van der Waals surface area contributed by atoms with E-state index in [1.807, 2.05) is 103 Å². The number of esters is 1. The van der Waals surface area contributed by atoms with E-state index in [4.69, 9.17) is 4.74 Å². The van der Waals surface area contributed by atoms with Crippen molar-refractivity contribution in [3.63, 3.8) is 0 Å². The minimum absolute atomic E-state index is 0.132. The van der Waals surface area contributed by atoms with Gasteiger partial charge in [0, 0.05) is 12.3 Å². The van der Waals surface area contributed by atoms with E-state index in [1.54, 1.807) is 16.7 Å². The molecule has 1 aliphatic rings. The van der Waals surface area contributed by atoms with Gasteiger partial charge < -0.3 is 9.64 Å². The second-order valence-corrected chi connectivity index (χ2v) is 16.2. The van der Waals surface area contributed by atoms with Crippen LogP contribution < -0.4 is 5.32 Å². The smallest absolute Gasteiger partial charge is 0.329 e. The van der Waals surface area contributed by atoms with Crippen molar-refractivity contribution in [3.05, 3.63) is 251 Å². The number of likely N-dealkylation sites (tertiary alicyclic amines) is 1. The van der Waals surface area contributed by atoms with Crippen molar-refractivity contribution in [3.8, 4) is 0 Å². The molecule has 6 heteroatoms. The summed E-state index contributed by atoms with van der Waals surface area (Å²) in [4.78, 5) is 31.4. The minimum Gasteiger partial charge on any atom is -0.459 e. The molecule has 0 saturated carbocycles. The van der Waals surface area contributed by atoms with Crippen LogP contribution in [0.5, 0.6) is 0 Å². The molecule has 8 rings (SSSR count). The van der Waals surface area contributed by atoms with Crippen LogP contribution in [0.15, 0.2) is 212 Å². The molecule has 2 atom stereocenters. The molecule has 1 N–H and O–H groups in total. The van der Waals surface area contributed by atoms with Gasteiger partial charge in [0.2, 0.25) is 5.91 Å². The van der Waals surface area contributed by atoms with E-state index in [0.717, 1.165) is 38.9 Å². The molecule has 0 aromatic heterocycles. The number of benzene rings is 7. The highest BCUT2D eigenvalue weighted by atomic mass is 32.2. The van der Waals surface area contributed by atoms with Crippen LogP contribution in [-0.2, 0) is 31.2 Å². The van der Waals surface area contributed by atoms with Crippen LogP contribution in [0.25, 0.3) is 0 Å². The summed E-state index contributed by atoms with van der Waals surface area (Å²) in [6, 6.07) is 71.1. The number of rotatable bonds is 15. The van der Waals surface area contributed by atoms with Crippen LogP contribution in [0.3, 0.4) is 0 Å². The predicted octanol–water partition coefficient (Wildman–Crippen LogP) is 10.4. The van der Waals surface area contributed by atoms with Crippen LogP contribution in [0, 0.1) is 0 Å². The zero-order valence-corrected chi connectivity index (χ0v) is 33.8. The maximum absolute atomic E-state index is 15.7. The number of nitrogens with zero attached hydrogens (tertiary/aromatic N) is 1. The van der Waals surface area contributed by atoms with Crippen molar-refractivity contribution in [1.29, 1.82) is 0 Å². The average Bonchev–Trinajstić information content (AvgIpc) is 3.82. The molecule has 7 aromatic rings. The van der Waals surface area contributed by atoms with Gasteiger partial charge in [-0.3, -0.25) is 10.1 Å².